The van der Waals surface area contributed by atoms with E-state index in [0.29, 0.717) is 63.7 Å². The highest BCUT2D eigenvalue weighted by atomic mass is 16.5. The second-order valence-electron chi connectivity index (χ2n) is 11.1. The number of carbonyl (C=O) groups excluding carboxylic acids is 1. The third-order valence-electron chi connectivity index (χ3n) is 8.14. The number of amides is 2. The summed E-state index contributed by atoms with van der Waals surface area (Å²) in [6.07, 6.45) is 5.42. The highest BCUT2D eigenvalue weighted by Gasteiger charge is 2.30. The van der Waals surface area contributed by atoms with E-state index in [0.717, 1.165) is 55.0 Å². The van der Waals surface area contributed by atoms with Crippen LogP contribution in [0.3, 0.4) is 0 Å². The molecule has 222 valence electrons. The van der Waals surface area contributed by atoms with Crippen molar-refractivity contribution in [3.8, 4) is 5.88 Å². The Bertz CT molecular complexity index is 1280. The largest absolute Gasteiger partial charge is 0.478 e. The van der Waals surface area contributed by atoms with Gasteiger partial charge in [-0.1, -0.05) is 6.07 Å². The number of piperidine rings is 1. The van der Waals surface area contributed by atoms with Crippen LogP contribution in [-0.2, 0) is 6.54 Å². The molecule has 0 atom stereocenters. The number of rotatable bonds is 10. The Labute approximate surface area is 241 Å². The molecule has 12 nitrogen and oxygen atoms in total. The van der Waals surface area contributed by atoms with Crippen LogP contribution in [0.5, 0.6) is 5.88 Å². The maximum Gasteiger partial charge on any atom is 0.320 e. The second-order valence-corrected chi connectivity index (χ2v) is 11.1. The molecule has 5 rings (SSSR count). The highest BCUT2D eigenvalue weighted by molar-refractivity contribution is 5.87. The number of likely N-dealkylation sites (tertiary alicyclic amines) is 1. The van der Waals surface area contributed by atoms with E-state index in [-0.39, 0.29) is 12.6 Å². The molecule has 2 fully saturated rings. The van der Waals surface area contributed by atoms with Crippen LogP contribution in [0.25, 0.3) is 11.0 Å². The van der Waals surface area contributed by atoms with Gasteiger partial charge in [0.15, 0.2) is 5.65 Å². The van der Waals surface area contributed by atoms with Crippen molar-refractivity contribution in [3.63, 3.8) is 0 Å². The molecule has 0 unspecified atom stereocenters. The fourth-order valence-electron chi connectivity index (χ4n) is 5.81. The van der Waals surface area contributed by atoms with Gasteiger partial charge in [0.25, 0.3) is 0 Å². The zero-order chi connectivity index (χ0) is 28.8. The van der Waals surface area contributed by atoms with Gasteiger partial charge in [-0.2, -0.15) is 5.10 Å². The molecule has 2 amide bonds. The molecular weight excluding hydrogens is 522 g/mol. The zero-order valence-corrected chi connectivity index (χ0v) is 24.5. The van der Waals surface area contributed by atoms with Crippen LogP contribution in [0.15, 0.2) is 30.7 Å². The van der Waals surface area contributed by atoms with Gasteiger partial charge in [0.2, 0.25) is 5.88 Å². The Morgan fingerprint density at radius 3 is 2.56 bits per heavy atom. The molecule has 0 spiro atoms. The number of ether oxygens (including phenoxy) is 1. The lowest BCUT2D eigenvalue weighted by Crippen LogP contribution is -2.54. The first kappa shape index (κ1) is 29.0. The van der Waals surface area contributed by atoms with Crippen molar-refractivity contribution in [1.82, 2.24) is 39.4 Å². The van der Waals surface area contributed by atoms with Crippen molar-refractivity contribution in [2.75, 3.05) is 70.5 Å². The number of aliphatic hydroxyl groups is 1. The number of piperazine rings is 1. The predicted octanol–water partition coefficient (Wildman–Crippen LogP) is 2.33. The molecule has 0 aliphatic carbocycles. The molecule has 41 heavy (non-hydrogen) atoms. The van der Waals surface area contributed by atoms with Gasteiger partial charge in [-0.15, -0.1) is 0 Å². The fourth-order valence-corrected chi connectivity index (χ4v) is 5.81. The van der Waals surface area contributed by atoms with E-state index < -0.39 is 0 Å². The van der Waals surface area contributed by atoms with Crippen LogP contribution in [0.4, 0.5) is 10.6 Å². The smallest absolute Gasteiger partial charge is 0.320 e. The normalized spacial score (nSPS) is 16.8. The summed E-state index contributed by atoms with van der Waals surface area (Å²) in [6.45, 7) is 13.5. The number of pyridine rings is 1. The number of urea groups is 1. The minimum atomic E-state index is 0.140. The van der Waals surface area contributed by atoms with Crippen molar-refractivity contribution >= 4 is 22.9 Å². The standard InChI is InChI=1S/C29H43N9O3/c1-4-41-26-7-5-6-24(33-26)20-38-28-25(18-32-38)27(30-21-31-28)34-12-14-36(15-13-34)29(40)35-10-8-23(9-11-35)19-37(16-17-39)22(2)3/h5-7,18,21-23,39H,4,8-17,19-20H2,1-3H3. The van der Waals surface area contributed by atoms with Crippen molar-refractivity contribution in [2.45, 2.75) is 46.2 Å². The van der Waals surface area contributed by atoms with Crippen LogP contribution in [0.2, 0.25) is 0 Å². The van der Waals surface area contributed by atoms with Gasteiger partial charge >= 0.3 is 6.03 Å². The van der Waals surface area contributed by atoms with Crippen molar-refractivity contribution in [3.05, 3.63) is 36.4 Å². The van der Waals surface area contributed by atoms with Crippen LogP contribution < -0.4 is 9.64 Å². The zero-order valence-electron chi connectivity index (χ0n) is 24.5. The molecule has 2 aliphatic rings. The van der Waals surface area contributed by atoms with Crippen LogP contribution in [-0.4, -0.2) is 122 Å². The lowest BCUT2D eigenvalue weighted by Gasteiger charge is -2.41. The monoisotopic (exact) mass is 565 g/mol. The fraction of sp³-hybridized carbons (Fsp3) is 0.621. The first-order valence-electron chi connectivity index (χ1n) is 14.9. The molecule has 2 aliphatic heterocycles. The van der Waals surface area contributed by atoms with Gasteiger partial charge in [-0.25, -0.2) is 24.4 Å². The lowest BCUT2D eigenvalue weighted by atomic mass is 9.96. The number of anilines is 1. The molecule has 3 aromatic rings. The van der Waals surface area contributed by atoms with Gasteiger partial charge in [-0.05, 0) is 45.6 Å². The summed E-state index contributed by atoms with van der Waals surface area (Å²) in [4.78, 5) is 35.6. The van der Waals surface area contributed by atoms with Crippen molar-refractivity contribution in [2.24, 2.45) is 5.92 Å². The topological polar surface area (TPSA) is 116 Å². The summed E-state index contributed by atoms with van der Waals surface area (Å²) in [6, 6.07) is 6.29. The number of aromatic nitrogens is 5. The molecule has 5 heterocycles. The van der Waals surface area contributed by atoms with Crippen LogP contribution >= 0.6 is 0 Å². The maximum absolute atomic E-state index is 13.3. The van der Waals surface area contributed by atoms with Gasteiger partial charge < -0.3 is 24.5 Å². The third kappa shape index (κ3) is 6.87. The quantitative estimate of drug-likeness (QED) is 0.395. The summed E-state index contributed by atoms with van der Waals surface area (Å²) in [5.74, 6) is 2.02. The molecule has 3 aromatic heterocycles. The average Bonchev–Trinajstić information content (AvgIpc) is 3.40. The van der Waals surface area contributed by atoms with E-state index in [1.165, 1.54) is 0 Å². The Morgan fingerprint density at radius 2 is 1.85 bits per heavy atom. The van der Waals surface area contributed by atoms with E-state index >= 15 is 0 Å². The molecule has 2 saturated heterocycles. The summed E-state index contributed by atoms with van der Waals surface area (Å²) < 4.78 is 7.38. The second kappa shape index (κ2) is 13.4. The van der Waals surface area contributed by atoms with Crippen molar-refractivity contribution < 1.29 is 14.6 Å². The van der Waals surface area contributed by atoms with E-state index in [9.17, 15) is 9.90 Å². The molecule has 12 heteroatoms. The number of carbonyl (C=O) groups is 1. The molecular formula is C29H43N9O3. The summed E-state index contributed by atoms with van der Waals surface area (Å²) in [7, 11) is 0. The summed E-state index contributed by atoms with van der Waals surface area (Å²) in [5.41, 5.74) is 1.61. The van der Waals surface area contributed by atoms with Crippen molar-refractivity contribution in [1.29, 1.82) is 0 Å². The van der Waals surface area contributed by atoms with Gasteiger partial charge in [0, 0.05) is 64.5 Å². The molecule has 0 aromatic carbocycles. The highest BCUT2D eigenvalue weighted by Crippen LogP contribution is 2.25. The predicted molar refractivity (Wildman–Crippen MR) is 157 cm³/mol. The van der Waals surface area contributed by atoms with Crippen LogP contribution in [0, 0.1) is 5.92 Å². The van der Waals surface area contributed by atoms with Gasteiger partial charge in [-0.3, -0.25) is 4.90 Å². The number of aliphatic hydroxyl groups excluding tert-OH is 1. The SMILES string of the molecule is CCOc1cccc(Cn2ncc3c(N4CCN(C(=O)N5CCC(CN(CCO)C(C)C)CC5)CC4)ncnc32)n1. The van der Waals surface area contributed by atoms with E-state index in [1.54, 1.807) is 6.33 Å². The van der Waals surface area contributed by atoms with E-state index in [1.807, 2.05) is 45.8 Å². The third-order valence-corrected chi connectivity index (χ3v) is 8.14. The first-order chi connectivity index (χ1) is 20.0. The molecule has 1 N–H and O–H groups in total. The summed E-state index contributed by atoms with van der Waals surface area (Å²) >= 11 is 0. The minimum absolute atomic E-state index is 0.140. The number of hydrogen-bond acceptors (Lipinski definition) is 9. The first-order valence-corrected chi connectivity index (χ1v) is 14.9. The lowest BCUT2D eigenvalue weighted by molar-refractivity contribution is 0.102. The Morgan fingerprint density at radius 1 is 1.10 bits per heavy atom. The van der Waals surface area contributed by atoms with Gasteiger partial charge in [0.05, 0.1) is 37.0 Å². The van der Waals surface area contributed by atoms with E-state index in [2.05, 4.69) is 43.7 Å². The van der Waals surface area contributed by atoms with Gasteiger partial charge in [0.1, 0.15) is 12.1 Å². The Balaban J connectivity index is 1.16. The van der Waals surface area contributed by atoms with E-state index in [4.69, 9.17) is 4.74 Å². The Kier molecular flexibility index (Phi) is 9.50. The molecule has 0 saturated carbocycles. The number of hydrogen-bond donors (Lipinski definition) is 1. The minimum Gasteiger partial charge on any atom is -0.478 e. The molecule has 0 bridgehead atoms. The average molecular weight is 566 g/mol. The number of nitrogens with zero attached hydrogens (tertiary/aromatic N) is 9. The number of fused-ring (bicyclic) bond motifs is 1. The Hall–Kier alpha value is -3.51. The maximum atomic E-state index is 13.3. The van der Waals surface area contributed by atoms with Crippen LogP contribution in [0.1, 0.15) is 39.3 Å². The molecule has 0 radical (unpaired) electrons. The summed E-state index contributed by atoms with van der Waals surface area (Å²) in [5, 5.41) is 14.9.